The molecule has 0 aliphatic carbocycles. The molecule has 5 nitrogen and oxygen atoms in total. The van der Waals surface area contributed by atoms with Crippen molar-refractivity contribution in [3.8, 4) is 12.1 Å². The fraction of sp³-hybridized carbons (Fsp3) is 0.105. The van der Waals surface area contributed by atoms with Crippen LogP contribution in [-0.4, -0.2) is 11.1 Å². The molecular formula is C19H12F3N3O2S. The van der Waals surface area contributed by atoms with Gasteiger partial charge in [0.15, 0.2) is 5.57 Å². The Morgan fingerprint density at radius 3 is 2.29 bits per heavy atom. The molecule has 0 aliphatic heterocycles. The van der Waals surface area contributed by atoms with Crippen LogP contribution in [0.5, 0.6) is 0 Å². The molecule has 0 heterocycles. The van der Waals surface area contributed by atoms with Gasteiger partial charge >= 0.3 is 12.1 Å². The van der Waals surface area contributed by atoms with Gasteiger partial charge in [-0.1, -0.05) is 18.2 Å². The molecule has 2 N–H and O–H groups in total. The van der Waals surface area contributed by atoms with Crippen molar-refractivity contribution < 1.29 is 23.1 Å². The summed E-state index contributed by atoms with van der Waals surface area (Å²) in [4.78, 5) is 10.9. The number of allylic oxidation sites excluding steroid dienone is 1. The van der Waals surface area contributed by atoms with Gasteiger partial charge in [-0.05, 0) is 35.9 Å². The molecule has 28 heavy (non-hydrogen) atoms. The standard InChI is InChI=1S/C19H12F3N3O2S/c20-19(21,22)15-2-1-3-16(8-15)25-17(14(9-23)10-24)28-11-12-4-6-13(7-5-12)18(26)27/h1-8,25H,11H2,(H,26,27). The number of hydrogen-bond acceptors (Lipinski definition) is 5. The van der Waals surface area contributed by atoms with Gasteiger partial charge in [-0.2, -0.15) is 23.7 Å². The van der Waals surface area contributed by atoms with Crippen LogP contribution in [0.3, 0.4) is 0 Å². The van der Waals surface area contributed by atoms with Gasteiger partial charge < -0.3 is 10.4 Å². The summed E-state index contributed by atoms with van der Waals surface area (Å²) in [6, 6.07) is 13.8. The molecule has 9 heteroatoms. The van der Waals surface area contributed by atoms with Gasteiger partial charge in [-0.25, -0.2) is 4.79 Å². The quantitative estimate of drug-likeness (QED) is 0.658. The van der Waals surface area contributed by atoms with Crippen LogP contribution in [0.25, 0.3) is 0 Å². The molecule has 0 fully saturated rings. The molecule has 0 radical (unpaired) electrons. The SMILES string of the molecule is N#CC(C#N)=C(Nc1cccc(C(F)(F)F)c1)SCc1ccc(C(=O)O)cc1. The summed E-state index contributed by atoms with van der Waals surface area (Å²) in [7, 11) is 0. The van der Waals surface area contributed by atoms with Crippen molar-refractivity contribution in [1.82, 2.24) is 0 Å². The van der Waals surface area contributed by atoms with Gasteiger partial charge in [0.05, 0.1) is 11.1 Å². The fourth-order valence-electron chi connectivity index (χ4n) is 2.10. The van der Waals surface area contributed by atoms with Gasteiger partial charge in [0.25, 0.3) is 0 Å². The lowest BCUT2D eigenvalue weighted by Crippen LogP contribution is -2.06. The highest BCUT2D eigenvalue weighted by molar-refractivity contribution is 8.02. The zero-order valence-electron chi connectivity index (χ0n) is 14.1. The average Bonchev–Trinajstić information content (AvgIpc) is 2.66. The summed E-state index contributed by atoms with van der Waals surface area (Å²) in [5.41, 5.74) is -0.220. The summed E-state index contributed by atoms with van der Waals surface area (Å²) < 4.78 is 38.6. The van der Waals surface area contributed by atoms with E-state index in [9.17, 15) is 18.0 Å². The Morgan fingerprint density at radius 1 is 1.11 bits per heavy atom. The van der Waals surface area contributed by atoms with Crippen molar-refractivity contribution in [2.24, 2.45) is 0 Å². The molecular weight excluding hydrogens is 391 g/mol. The Kier molecular flexibility index (Phi) is 6.69. The number of rotatable bonds is 6. The Hall–Kier alpha value is -3.43. The smallest absolute Gasteiger partial charge is 0.416 e. The van der Waals surface area contributed by atoms with Crippen molar-refractivity contribution >= 4 is 23.4 Å². The van der Waals surface area contributed by atoms with Crippen molar-refractivity contribution in [2.45, 2.75) is 11.9 Å². The molecule has 0 saturated heterocycles. The average molecular weight is 403 g/mol. The molecule has 0 aliphatic rings. The number of nitrogens with one attached hydrogen (secondary N) is 1. The first kappa shape index (κ1) is 20.9. The minimum Gasteiger partial charge on any atom is -0.478 e. The largest absolute Gasteiger partial charge is 0.478 e. The van der Waals surface area contributed by atoms with E-state index in [-0.39, 0.29) is 27.6 Å². The number of nitriles is 2. The van der Waals surface area contributed by atoms with E-state index in [0.29, 0.717) is 5.56 Å². The van der Waals surface area contributed by atoms with E-state index >= 15 is 0 Å². The van der Waals surface area contributed by atoms with Crippen molar-refractivity contribution in [3.63, 3.8) is 0 Å². The molecule has 0 atom stereocenters. The number of benzene rings is 2. The van der Waals surface area contributed by atoms with E-state index in [2.05, 4.69) is 5.32 Å². The summed E-state index contributed by atoms with van der Waals surface area (Å²) in [5, 5.41) is 29.9. The lowest BCUT2D eigenvalue weighted by Gasteiger charge is -2.13. The zero-order valence-corrected chi connectivity index (χ0v) is 14.9. The van der Waals surface area contributed by atoms with Crippen LogP contribution in [0.2, 0.25) is 0 Å². The number of anilines is 1. The summed E-state index contributed by atoms with van der Waals surface area (Å²) in [6.07, 6.45) is -4.52. The number of aromatic carboxylic acids is 1. The number of thioether (sulfide) groups is 1. The van der Waals surface area contributed by atoms with E-state index in [0.717, 1.165) is 23.9 Å². The normalized spacial score (nSPS) is 10.5. The molecule has 0 bridgehead atoms. The predicted octanol–water partition coefficient (Wildman–Crippen LogP) is 5.01. The van der Waals surface area contributed by atoms with Crippen LogP contribution in [0, 0.1) is 22.7 Å². The Labute approximate surface area is 162 Å². The third-order valence-corrected chi connectivity index (χ3v) is 4.56. The number of halogens is 3. The highest BCUT2D eigenvalue weighted by Crippen LogP contribution is 2.32. The highest BCUT2D eigenvalue weighted by Gasteiger charge is 2.30. The third-order valence-electron chi connectivity index (χ3n) is 3.48. The zero-order chi connectivity index (χ0) is 20.7. The first-order chi connectivity index (χ1) is 13.2. The maximum absolute atomic E-state index is 12.9. The van der Waals surface area contributed by atoms with Crippen LogP contribution in [-0.2, 0) is 11.9 Å². The molecule has 0 amide bonds. The van der Waals surface area contributed by atoms with Crippen LogP contribution in [0.4, 0.5) is 18.9 Å². The molecule has 2 aromatic rings. The summed E-state index contributed by atoms with van der Waals surface area (Å²) in [6.45, 7) is 0. The Morgan fingerprint density at radius 2 is 1.75 bits per heavy atom. The van der Waals surface area contributed by atoms with Crippen molar-refractivity contribution in [2.75, 3.05) is 5.32 Å². The summed E-state index contributed by atoms with van der Waals surface area (Å²) in [5.74, 6) is -0.795. The topological polar surface area (TPSA) is 96.9 Å². The van der Waals surface area contributed by atoms with Crippen molar-refractivity contribution in [1.29, 1.82) is 10.5 Å². The molecule has 0 spiro atoms. The molecule has 2 aromatic carbocycles. The molecule has 2 rings (SSSR count). The third kappa shape index (κ3) is 5.53. The monoisotopic (exact) mass is 403 g/mol. The minimum atomic E-state index is -4.52. The van der Waals surface area contributed by atoms with E-state index in [1.807, 2.05) is 0 Å². The van der Waals surface area contributed by atoms with E-state index in [1.54, 1.807) is 24.3 Å². The van der Waals surface area contributed by atoms with Gasteiger partial charge in [0, 0.05) is 11.4 Å². The molecule has 0 unspecified atom stereocenters. The molecule has 0 saturated carbocycles. The lowest BCUT2D eigenvalue weighted by atomic mass is 10.1. The van der Waals surface area contributed by atoms with Crippen LogP contribution in [0.1, 0.15) is 21.5 Å². The number of carbonyl (C=O) groups is 1. The maximum atomic E-state index is 12.9. The number of carboxylic acids is 1. The van der Waals surface area contributed by atoms with Crippen LogP contribution >= 0.6 is 11.8 Å². The molecule has 0 aromatic heterocycles. The van der Waals surface area contributed by atoms with Gasteiger partial charge in [-0.15, -0.1) is 11.8 Å². The number of nitrogens with zero attached hydrogens (tertiary/aromatic N) is 2. The van der Waals surface area contributed by atoms with Crippen LogP contribution in [0.15, 0.2) is 59.1 Å². The predicted molar refractivity (Wildman–Crippen MR) is 98.0 cm³/mol. The number of alkyl halides is 3. The molecule has 142 valence electrons. The Bertz CT molecular complexity index is 971. The van der Waals surface area contributed by atoms with Gasteiger partial charge in [-0.3, -0.25) is 0 Å². The first-order valence-electron chi connectivity index (χ1n) is 7.68. The van der Waals surface area contributed by atoms with E-state index in [4.69, 9.17) is 15.6 Å². The van der Waals surface area contributed by atoms with Gasteiger partial charge in [0.2, 0.25) is 0 Å². The second-order valence-electron chi connectivity index (χ2n) is 5.42. The lowest BCUT2D eigenvalue weighted by molar-refractivity contribution is -0.137. The van der Waals surface area contributed by atoms with E-state index < -0.39 is 17.7 Å². The van der Waals surface area contributed by atoms with Crippen LogP contribution < -0.4 is 5.32 Å². The fourth-order valence-corrected chi connectivity index (χ4v) is 3.03. The highest BCUT2D eigenvalue weighted by atomic mass is 32.2. The number of hydrogen-bond donors (Lipinski definition) is 2. The maximum Gasteiger partial charge on any atom is 0.416 e. The second-order valence-corrected chi connectivity index (χ2v) is 6.41. The minimum absolute atomic E-state index is 0.0848. The van der Waals surface area contributed by atoms with E-state index in [1.165, 1.54) is 24.3 Å². The Balaban J connectivity index is 2.23. The van der Waals surface area contributed by atoms with Crippen molar-refractivity contribution in [3.05, 3.63) is 75.8 Å². The second kappa shape index (κ2) is 8.98. The van der Waals surface area contributed by atoms with Gasteiger partial charge in [0.1, 0.15) is 17.2 Å². The summed E-state index contributed by atoms with van der Waals surface area (Å²) >= 11 is 1.05. The first-order valence-corrected chi connectivity index (χ1v) is 8.67. The number of carboxylic acid groups (broad SMARTS) is 1.